The quantitative estimate of drug-likeness (QED) is 0.0377. The van der Waals surface area contributed by atoms with Crippen molar-refractivity contribution in [2.45, 2.75) is 263 Å². The van der Waals surface area contributed by atoms with Crippen molar-refractivity contribution in [3.05, 3.63) is 29.8 Å². The van der Waals surface area contributed by atoms with E-state index >= 15 is 0 Å². The van der Waals surface area contributed by atoms with E-state index < -0.39 is 10.1 Å². The lowest BCUT2D eigenvalue weighted by molar-refractivity contribution is -0.941. The minimum absolute atomic E-state index is 0.00609. The average molecular weight is 776 g/mol. The van der Waals surface area contributed by atoms with Gasteiger partial charge in [0, 0.05) is 5.56 Å². The Bertz CT molecular complexity index is 972. The number of quaternary nitrogens is 1. The molecule has 4 nitrogen and oxygen atoms in total. The number of benzene rings is 1. The average Bonchev–Trinajstić information content (AvgIpc) is 3.16. The van der Waals surface area contributed by atoms with E-state index in [1.165, 1.54) is 231 Å². The first-order valence-corrected chi connectivity index (χ1v) is 25.7. The Balaban J connectivity index is 2.78. The minimum atomic E-state index is -4.51. The second-order valence-corrected chi connectivity index (χ2v) is 18.7. The van der Waals surface area contributed by atoms with Crippen molar-refractivity contribution in [2.75, 3.05) is 19.6 Å². The Kier molecular flexibility index (Phi) is 34.5. The van der Waals surface area contributed by atoms with Crippen LogP contribution in [0.4, 0.5) is 0 Å². The SMILES string of the molecule is CCCCCCCCCCCCCC[N+](CCCCCCCCCCCCCC)(CCCCCCCCCCCCCC)Cc1ccccc1S(=O)(=O)[O-]. The molecular formula is C49H93NO3S. The second-order valence-electron chi connectivity index (χ2n) is 17.4. The molecule has 0 aliphatic rings. The molecule has 0 unspecified atom stereocenters. The molecular weight excluding hydrogens is 683 g/mol. The maximum Gasteiger partial charge on any atom is 0.124 e. The van der Waals surface area contributed by atoms with Crippen LogP contribution in [0.2, 0.25) is 0 Å². The summed E-state index contributed by atoms with van der Waals surface area (Å²) in [6, 6.07) is 7.11. The van der Waals surface area contributed by atoms with Crippen LogP contribution in [0, 0.1) is 0 Å². The number of rotatable bonds is 42. The predicted octanol–water partition coefficient (Wildman–Crippen LogP) is 16.0. The Morgan fingerprint density at radius 3 is 0.889 bits per heavy atom. The molecule has 0 radical (unpaired) electrons. The zero-order valence-corrected chi connectivity index (χ0v) is 37.5. The number of hydrogen-bond acceptors (Lipinski definition) is 3. The van der Waals surface area contributed by atoms with Gasteiger partial charge in [0.15, 0.2) is 0 Å². The van der Waals surface area contributed by atoms with Crippen LogP contribution in [0.1, 0.15) is 257 Å². The molecule has 0 saturated carbocycles. The molecule has 0 N–H and O–H groups in total. The van der Waals surface area contributed by atoms with Crippen molar-refractivity contribution in [3.63, 3.8) is 0 Å². The van der Waals surface area contributed by atoms with Gasteiger partial charge in [0.1, 0.15) is 16.7 Å². The summed E-state index contributed by atoms with van der Waals surface area (Å²) in [5.41, 5.74) is 0.740. The van der Waals surface area contributed by atoms with E-state index in [2.05, 4.69) is 20.8 Å². The van der Waals surface area contributed by atoms with Crippen LogP contribution in [-0.4, -0.2) is 37.1 Å². The molecule has 0 saturated heterocycles. The van der Waals surface area contributed by atoms with Gasteiger partial charge in [-0.25, -0.2) is 8.42 Å². The molecule has 1 aromatic rings. The Morgan fingerprint density at radius 2 is 0.630 bits per heavy atom. The Hall–Kier alpha value is -0.910. The number of nitrogens with zero attached hydrogens (tertiary/aromatic N) is 1. The Morgan fingerprint density at radius 1 is 0.389 bits per heavy atom. The molecule has 0 bridgehead atoms. The summed E-state index contributed by atoms with van der Waals surface area (Å²) in [5, 5.41) is 0. The molecule has 0 amide bonds. The van der Waals surface area contributed by atoms with Crippen LogP contribution in [0.15, 0.2) is 29.2 Å². The van der Waals surface area contributed by atoms with Gasteiger partial charge >= 0.3 is 0 Å². The largest absolute Gasteiger partial charge is 0.744 e. The molecule has 0 aliphatic heterocycles. The lowest BCUT2D eigenvalue weighted by Crippen LogP contribution is -2.49. The van der Waals surface area contributed by atoms with Crippen molar-refractivity contribution < 1.29 is 17.5 Å². The van der Waals surface area contributed by atoms with Gasteiger partial charge < -0.3 is 9.04 Å². The number of hydrogen-bond donors (Lipinski definition) is 0. The van der Waals surface area contributed by atoms with E-state index in [0.29, 0.717) is 6.54 Å². The lowest BCUT2D eigenvalue weighted by atomic mass is 10.0. The van der Waals surface area contributed by atoms with Crippen molar-refractivity contribution in [3.8, 4) is 0 Å². The predicted molar refractivity (Wildman–Crippen MR) is 236 cm³/mol. The van der Waals surface area contributed by atoms with Gasteiger partial charge in [0.2, 0.25) is 0 Å². The summed E-state index contributed by atoms with van der Waals surface area (Å²) >= 11 is 0. The smallest absolute Gasteiger partial charge is 0.124 e. The van der Waals surface area contributed by atoms with Gasteiger partial charge in [0.05, 0.1) is 24.5 Å². The molecule has 0 fully saturated rings. The summed E-state index contributed by atoms with van der Waals surface area (Å²) in [6.07, 6.45) is 48.4. The van der Waals surface area contributed by atoms with Crippen LogP contribution in [-0.2, 0) is 16.7 Å². The van der Waals surface area contributed by atoms with Crippen molar-refractivity contribution >= 4 is 10.1 Å². The molecule has 0 aliphatic carbocycles. The summed E-state index contributed by atoms with van der Waals surface area (Å²) in [5.74, 6) is 0. The third kappa shape index (κ3) is 29.3. The maximum atomic E-state index is 12.4. The third-order valence-electron chi connectivity index (χ3n) is 12.2. The molecule has 0 heterocycles. The van der Waals surface area contributed by atoms with Crippen LogP contribution >= 0.6 is 0 Å². The van der Waals surface area contributed by atoms with Crippen molar-refractivity contribution in [1.82, 2.24) is 0 Å². The van der Waals surface area contributed by atoms with Crippen LogP contribution in [0.5, 0.6) is 0 Å². The van der Waals surface area contributed by atoms with Crippen LogP contribution in [0.3, 0.4) is 0 Å². The van der Waals surface area contributed by atoms with Crippen LogP contribution in [0.25, 0.3) is 0 Å². The normalized spacial score (nSPS) is 12.2. The summed E-state index contributed by atoms with van der Waals surface area (Å²) in [7, 11) is -4.51. The van der Waals surface area contributed by atoms with Gasteiger partial charge in [0.25, 0.3) is 0 Å². The third-order valence-corrected chi connectivity index (χ3v) is 13.1. The van der Waals surface area contributed by atoms with E-state index in [1.807, 2.05) is 12.1 Å². The highest BCUT2D eigenvalue weighted by atomic mass is 32.2. The molecule has 5 heteroatoms. The zero-order valence-electron chi connectivity index (χ0n) is 36.7. The fourth-order valence-electron chi connectivity index (χ4n) is 8.68. The first kappa shape index (κ1) is 51.1. The maximum absolute atomic E-state index is 12.4. The molecule has 54 heavy (non-hydrogen) atoms. The van der Waals surface area contributed by atoms with E-state index in [4.69, 9.17) is 0 Å². The van der Waals surface area contributed by atoms with Gasteiger partial charge in [-0.15, -0.1) is 0 Å². The highest BCUT2D eigenvalue weighted by molar-refractivity contribution is 7.85. The molecule has 0 atom stereocenters. The highest BCUT2D eigenvalue weighted by Crippen LogP contribution is 2.26. The van der Waals surface area contributed by atoms with E-state index in [1.54, 1.807) is 12.1 Å². The second kappa shape index (κ2) is 36.4. The van der Waals surface area contributed by atoms with Gasteiger partial charge in [-0.05, 0) is 44.6 Å². The first-order chi connectivity index (χ1) is 26.4. The molecule has 0 spiro atoms. The van der Waals surface area contributed by atoms with Crippen LogP contribution < -0.4 is 0 Å². The monoisotopic (exact) mass is 776 g/mol. The van der Waals surface area contributed by atoms with Gasteiger partial charge in [-0.1, -0.05) is 232 Å². The van der Waals surface area contributed by atoms with E-state index in [-0.39, 0.29) is 4.90 Å². The molecule has 1 rings (SSSR count). The summed E-state index contributed by atoms with van der Waals surface area (Å²) in [6.45, 7) is 10.8. The summed E-state index contributed by atoms with van der Waals surface area (Å²) < 4.78 is 38.1. The standard InChI is InChI=1S/C49H93NO3S/c1-4-7-10-13-16-19-22-25-28-31-34-39-44-50(47-48-42-37-38-43-49(48)54(51,52)53,45-40-35-32-29-26-23-20-17-14-11-8-5-2)46-41-36-33-30-27-24-21-18-15-12-9-6-3/h37-38,42-43H,4-36,39-41,44-47H2,1-3H3. The van der Waals surface area contributed by atoms with E-state index in [9.17, 15) is 13.0 Å². The van der Waals surface area contributed by atoms with E-state index in [0.717, 1.165) is 29.7 Å². The topological polar surface area (TPSA) is 57.2 Å². The first-order valence-electron chi connectivity index (χ1n) is 24.3. The lowest BCUT2D eigenvalue weighted by Gasteiger charge is -2.40. The molecule has 1 aromatic carbocycles. The number of unbranched alkanes of at least 4 members (excludes halogenated alkanes) is 33. The fraction of sp³-hybridized carbons (Fsp3) is 0.878. The molecule has 0 aromatic heterocycles. The van der Waals surface area contributed by atoms with Crippen molar-refractivity contribution in [1.29, 1.82) is 0 Å². The fourth-order valence-corrected chi connectivity index (χ4v) is 9.38. The minimum Gasteiger partial charge on any atom is -0.744 e. The van der Waals surface area contributed by atoms with Gasteiger partial charge in [-0.2, -0.15) is 0 Å². The highest BCUT2D eigenvalue weighted by Gasteiger charge is 2.28. The van der Waals surface area contributed by atoms with Gasteiger partial charge in [-0.3, -0.25) is 0 Å². The zero-order chi connectivity index (χ0) is 39.3. The van der Waals surface area contributed by atoms with Crippen molar-refractivity contribution in [2.24, 2.45) is 0 Å². The Labute approximate surface area is 339 Å². The molecule has 318 valence electrons. The summed E-state index contributed by atoms with van der Waals surface area (Å²) in [4.78, 5) is 0.00609.